The summed E-state index contributed by atoms with van der Waals surface area (Å²) in [5.41, 5.74) is -1.03. The van der Waals surface area contributed by atoms with Gasteiger partial charge in [-0.2, -0.15) is 13.2 Å². The maximum atomic E-state index is 13.1. The van der Waals surface area contributed by atoms with Gasteiger partial charge in [0.05, 0.1) is 21.2 Å². The van der Waals surface area contributed by atoms with Crippen molar-refractivity contribution in [2.45, 2.75) is 18.0 Å². The van der Waals surface area contributed by atoms with E-state index >= 15 is 0 Å². The Morgan fingerprint density at radius 2 is 2.04 bits per heavy atom. The maximum Gasteiger partial charge on any atom is 0.417 e. The van der Waals surface area contributed by atoms with Crippen LogP contribution in [0.3, 0.4) is 0 Å². The smallest absolute Gasteiger partial charge is 0.417 e. The molecule has 1 heterocycles. The van der Waals surface area contributed by atoms with Crippen molar-refractivity contribution in [3.63, 3.8) is 0 Å². The van der Waals surface area contributed by atoms with Crippen LogP contribution >= 0.6 is 11.6 Å². The van der Waals surface area contributed by atoms with Crippen LogP contribution < -0.4 is 4.31 Å². The van der Waals surface area contributed by atoms with E-state index in [0.29, 0.717) is 11.6 Å². The molecule has 0 aliphatic heterocycles. The Hall–Kier alpha value is -2.17. The largest absolute Gasteiger partial charge is 0.476 e. The lowest BCUT2D eigenvalue weighted by Crippen LogP contribution is -2.30. The van der Waals surface area contributed by atoms with Crippen molar-refractivity contribution in [1.29, 1.82) is 0 Å². The van der Waals surface area contributed by atoms with E-state index in [9.17, 15) is 27.3 Å². The van der Waals surface area contributed by atoms with E-state index in [2.05, 4.69) is 4.98 Å². The highest BCUT2D eigenvalue weighted by Crippen LogP contribution is 2.36. The fraction of sp³-hybridized carbons (Fsp3) is 0.250. The molecular weight excluding hydrogens is 409 g/mol. The number of ether oxygens (including phenoxy) is 1. The van der Waals surface area contributed by atoms with Crippen molar-refractivity contribution in [3.8, 4) is 0 Å². The zero-order valence-corrected chi connectivity index (χ0v) is 15.7. The number of aromatic carboxylic acids is 1. The summed E-state index contributed by atoms with van der Waals surface area (Å²) >= 11 is 5.59. The van der Waals surface area contributed by atoms with Crippen molar-refractivity contribution >= 4 is 34.2 Å². The number of alkyl halides is 3. The molecular formula is C16H14ClF3N2O4S. The van der Waals surface area contributed by atoms with E-state index < -0.39 is 39.4 Å². The van der Waals surface area contributed by atoms with Gasteiger partial charge >= 0.3 is 12.1 Å². The number of aryl methyl sites for hydroxylation is 1. The van der Waals surface area contributed by atoms with Gasteiger partial charge in [0.25, 0.3) is 0 Å². The molecule has 1 atom stereocenters. The van der Waals surface area contributed by atoms with Gasteiger partial charge in [-0.1, -0.05) is 11.6 Å². The van der Waals surface area contributed by atoms with Gasteiger partial charge in [-0.05, 0) is 36.8 Å². The average molecular weight is 423 g/mol. The molecule has 2 aromatic rings. The minimum Gasteiger partial charge on any atom is -0.476 e. The molecule has 0 saturated heterocycles. The Balaban J connectivity index is 2.58. The van der Waals surface area contributed by atoms with Crippen LogP contribution in [0.4, 0.5) is 18.9 Å². The van der Waals surface area contributed by atoms with Crippen LogP contribution in [-0.2, 0) is 21.9 Å². The third kappa shape index (κ3) is 4.76. The zero-order chi connectivity index (χ0) is 20.4. The number of hydrogen-bond donors (Lipinski definition) is 1. The number of halogens is 4. The number of pyridine rings is 1. The lowest BCUT2D eigenvalue weighted by Gasteiger charge is -2.24. The van der Waals surface area contributed by atoms with E-state index in [1.54, 1.807) is 6.92 Å². The first-order valence-corrected chi connectivity index (χ1v) is 8.79. The Kier molecular flexibility index (Phi) is 6.45. The Labute approximate surface area is 160 Å². The molecule has 0 spiro atoms. The fourth-order valence-corrected chi connectivity index (χ4v) is 3.59. The highest BCUT2D eigenvalue weighted by molar-refractivity contribution is 7.86. The van der Waals surface area contributed by atoms with Crippen LogP contribution in [0.15, 0.2) is 35.4 Å². The summed E-state index contributed by atoms with van der Waals surface area (Å²) in [6.45, 7) is 1.29. The molecule has 6 nitrogen and oxygen atoms in total. The van der Waals surface area contributed by atoms with Crippen LogP contribution in [-0.4, -0.2) is 34.1 Å². The van der Waals surface area contributed by atoms with E-state index in [0.717, 1.165) is 10.4 Å². The predicted molar refractivity (Wildman–Crippen MR) is 93.2 cm³/mol. The van der Waals surface area contributed by atoms with E-state index in [-0.39, 0.29) is 17.3 Å². The van der Waals surface area contributed by atoms with Crippen molar-refractivity contribution in [1.82, 2.24) is 4.98 Å². The van der Waals surface area contributed by atoms with Gasteiger partial charge in [0, 0.05) is 13.3 Å². The van der Waals surface area contributed by atoms with Crippen LogP contribution in [0.1, 0.15) is 21.6 Å². The van der Waals surface area contributed by atoms with Gasteiger partial charge in [-0.15, -0.1) is 0 Å². The first-order valence-electron chi connectivity index (χ1n) is 7.31. The van der Waals surface area contributed by atoms with Crippen molar-refractivity contribution in [2.75, 3.05) is 18.1 Å². The number of carbonyl (C=O) groups is 1. The van der Waals surface area contributed by atoms with Gasteiger partial charge in [0.2, 0.25) is 0 Å². The number of nitrogens with zero attached hydrogens (tertiary/aromatic N) is 2. The second-order valence-corrected chi connectivity index (χ2v) is 7.19. The molecule has 27 heavy (non-hydrogen) atoms. The molecule has 1 unspecified atom stereocenters. The second kappa shape index (κ2) is 8.24. The Morgan fingerprint density at radius 3 is 2.59 bits per heavy atom. The minimum atomic E-state index is -4.74. The summed E-state index contributed by atoms with van der Waals surface area (Å²) in [5.74, 6) is -1.38. The van der Waals surface area contributed by atoms with Gasteiger partial charge in [-0.3, -0.25) is 4.31 Å². The lowest BCUT2D eigenvalue weighted by molar-refractivity contribution is -0.137. The van der Waals surface area contributed by atoms with Crippen molar-refractivity contribution in [3.05, 3.63) is 52.3 Å². The van der Waals surface area contributed by atoms with E-state index in [1.807, 2.05) is 0 Å². The summed E-state index contributed by atoms with van der Waals surface area (Å²) < 4.78 is 58.1. The molecule has 2 rings (SSSR count). The first-order chi connectivity index (χ1) is 12.6. The highest BCUT2D eigenvalue weighted by Gasteiger charge is 2.34. The molecule has 1 aromatic carbocycles. The molecule has 11 heteroatoms. The molecule has 1 aromatic heterocycles. The van der Waals surface area contributed by atoms with Crippen LogP contribution in [0.5, 0.6) is 0 Å². The third-order valence-electron chi connectivity index (χ3n) is 3.37. The summed E-state index contributed by atoms with van der Waals surface area (Å²) in [7, 11) is -0.939. The molecule has 0 bridgehead atoms. The van der Waals surface area contributed by atoms with Crippen molar-refractivity contribution in [2.24, 2.45) is 0 Å². The summed E-state index contributed by atoms with van der Waals surface area (Å²) in [6.07, 6.45) is -3.43. The average Bonchev–Trinajstić information content (AvgIpc) is 2.58. The summed E-state index contributed by atoms with van der Waals surface area (Å²) in [6, 6.07) is 4.22. The Bertz CT molecular complexity index is 892. The number of anilines is 1. The molecule has 0 aliphatic rings. The molecule has 146 valence electrons. The molecule has 0 radical (unpaired) electrons. The van der Waals surface area contributed by atoms with Crippen molar-refractivity contribution < 1.29 is 32.0 Å². The molecule has 0 amide bonds. The highest BCUT2D eigenvalue weighted by atomic mass is 35.5. The number of carboxylic acids is 1. The maximum absolute atomic E-state index is 13.1. The standard InChI is InChI=1S/C16H14ClF3N2O4S/c1-9-5-13(14(15(23)24)21-7-9)22(8-26-2)27(25)10-3-4-12(17)11(6-10)16(18,19)20/h3-7H,8H2,1-2H3,(H,23,24). The van der Waals surface area contributed by atoms with Crippen LogP contribution in [0.25, 0.3) is 0 Å². The number of hydrogen-bond acceptors (Lipinski definition) is 4. The molecule has 0 saturated carbocycles. The van der Waals surface area contributed by atoms with Gasteiger partial charge in [0.15, 0.2) is 16.7 Å². The summed E-state index contributed by atoms with van der Waals surface area (Å²) in [5, 5.41) is 8.78. The number of rotatable bonds is 6. The lowest BCUT2D eigenvalue weighted by atomic mass is 10.2. The predicted octanol–water partition coefficient (Wildman–Crippen LogP) is 3.89. The number of aromatic nitrogens is 1. The van der Waals surface area contributed by atoms with E-state index in [1.165, 1.54) is 25.4 Å². The van der Waals surface area contributed by atoms with Gasteiger partial charge < -0.3 is 9.84 Å². The normalized spacial score (nSPS) is 12.7. The molecule has 0 fully saturated rings. The van der Waals surface area contributed by atoms with E-state index in [4.69, 9.17) is 16.3 Å². The minimum absolute atomic E-state index is 0.0498. The number of benzene rings is 1. The third-order valence-corrected chi connectivity index (χ3v) is 5.06. The van der Waals surface area contributed by atoms with Crippen LogP contribution in [0, 0.1) is 6.92 Å². The second-order valence-electron chi connectivity index (χ2n) is 5.37. The topological polar surface area (TPSA) is 79.7 Å². The zero-order valence-electron chi connectivity index (χ0n) is 14.1. The van der Waals surface area contributed by atoms with Gasteiger partial charge in [0.1, 0.15) is 6.73 Å². The summed E-state index contributed by atoms with van der Waals surface area (Å²) in [4.78, 5) is 15.0. The number of methoxy groups -OCH3 is 1. The van der Waals surface area contributed by atoms with Gasteiger partial charge in [-0.25, -0.2) is 14.0 Å². The Morgan fingerprint density at radius 1 is 1.37 bits per heavy atom. The van der Waals surface area contributed by atoms with Crippen LogP contribution in [0.2, 0.25) is 5.02 Å². The molecule has 0 aliphatic carbocycles. The quantitative estimate of drug-likeness (QED) is 0.714. The SMILES string of the molecule is COCN(c1cc(C)cnc1C(=O)O)S(=O)c1ccc(Cl)c(C(F)(F)F)c1. The molecule has 1 N–H and O–H groups in total. The monoisotopic (exact) mass is 422 g/mol. The number of carboxylic acid groups (broad SMARTS) is 1. The fourth-order valence-electron chi connectivity index (χ4n) is 2.19. The first kappa shape index (κ1) is 21.1.